The van der Waals surface area contributed by atoms with E-state index in [1.54, 1.807) is 6.07 Å². The lowest BCUT2D eigenvalue weighted by atomic mass is 10.2. The van der Waals surface area contributed by atoms with Crippen LogP contribution in [0.4, 0.5) is 10.6 Å². The first kappa shape index (κ1) is 11.5. The molecule has 1 saturated heterocycles. The van der Waals surface area contributed by atoms with Gasteiger partial charge in [0.15, 0.2) is 0 Å². The van der Waals surface area contributed by atoms with Crippen molar-refractivity contribution in [2.75, 3.05) is 24.5 Å². The number of amides is 1. The molecule has 17 heavy (non-hydrogen) atoms. The quantitative estimate of drug-likeness (QED) is 0.748. The predicted octanol–water partition coefficient (Wildman–Crippen LogP) is 0.563. The normalized spacial score (nSPS) is 20.4. The molecule has 1 atom stereocenters. The fourth-order valence-corrected chi connectivity index (χ4v) is 2.08. The number of carbonyl (C=O) groups is 1. The van der Waals surface area contributed by atoms with Gasteiger partial charge in [-0.15, -0.1) is 0 Å². The fraction of sp³-hybridized carbons (Fsp3) is 0.455. The smallest absolute Gasteiger partial charge is 0.407 e. The van der Waals surface area contributed by atoms with Crippen molar-refractivity contribution in [1.82, 2.24) is 9.88 Å². The number of H-pyrrole nitrogens is 1. The molecule has 1 aliphatic rings. The minimum Gasteiger partial charge on any atom is -0.465 e. The second kappa shape index (κ2) is 4.48. The monoisotopic (exact) mass is 237 g/mol. The summed E-state index contributed by atoms with van der Waals surface area (Å²) in [5, 5.41) is 8.96. The summed E-state index contributed by atoms with van der Waals surface area (Å²) in [6, 6.07) is 4.90. The number of aromatic amines is 1. The van der Waals surface area contributed by atoms with E-state index >= 15 is 0 Å². The zero-order chi connectivity index (χ0) is 12.4. The van der Waals surface area contributed by atoms with Gasteiger partial charge in [-0.3, -0.25) is 4.79 Å². The first-order chi connectivity index (χ1) is 8.08. The maximum Gasteiger partial charge on any atom is 0.407 e. The van der Waals surface area contributed by atoms with Gasteiger partial charge in [0.05, 0.1) is 0 Å². The van der Waals surface area contributed by atoms with Crippen molar-refractivity contribution in [2.45, 2.75) is 13.0 Å². The molecule has 1 aliphatic heterocycles. The Balaban J connectivity index is 2.12. The van der Waals surface area contributed by atoms with Crippen molar-refractivity contribution in [3.05, 3.63) is 28.6 Å². The maximum atomic E-state index is 11.2. The third-order valence-electron chi connectivity index (χ3n) is 2.97. The van der Waals surface area contributed by atoms with Gasteiger partial charge >= 0.3 is 6.09 Å². The van der Waals surface area contributed by atoms with E-state index in [1.807, 2.05) is 17.9 Å². The Bertz CT molecular complexity index is 471. The third-order valence-corrected chi connectivity index (χ3v) is 2.97. The largest absolute Gasteiger partial charge is 0.465 e. The summed E-state index contributed by atoms with van der Waals surface area (Å²) in [7, 11) is 0. The number of carboxylic acid groups (broad SMARTS) is 1. The summed E-state index contributed by atoms with van der Waals surface area (Å²) in [4.78, 5) is 28.3. The molecule has 1 aromatic heterocycles. The third kappa shape index (κ3) is 2.41. The number of rotatable bonds is 1. The van der Waals surface area contributed by atoms with E-state index in [9.17, 15) is 9.59 Å². The van der Waals surface area contributed by atoms with Crippen molar-refractivity contribution in [3.8, 4) is 0 Å². The average Bonchev–Trinajstić information content (AvgIpc) is 2.28. The summed E-state index contributed by atoms with van der Waals surface area (Å²) >= 11 is 0. The highest BCUT2D eigenvalue weighted by molar-refractivity contribution is 5.66. The van der Waals surface area contributed by atoms with Crippen molar-refractivity contribution < 1.29 is 9.90 Å². The molecule has 0 aromatic carbocycles. The molecule has 6 nitrogen and oxygen atoms in total. The minimum absolute atomic E-state index is 0.0787. The predicted molar refractivity (Wildman–Crippen MR) is 63.5 cm³/mol. The van der Waals surface area contributed by atoms with E-state index in [4.69, 9.17) is 5.11 Å². The SMILES string of the molecule is C[C@H]1CN(c2cccc(=O)[nH]2)CCN1C(=O)O. The number of anilines is 1. The number of aromatic nitrogens is 1. The van der Waals surface area contributed by atoms with Crippen LogP contribution in [0, 0.1) is 0 Å². The lowest BCUT2D eigenvalue weighted by Crippen LogP contribution is -2.54. The first-order valence-corrected chi connectivity index (χ1v) is 5.52. The molecule has 0 unspecified atom stereocenters. The Hall–Kier alpha value is -1.98. The highest BCUT2D eigenvalue weighted by Crippen LogP contribution is 2.15. The van der Waals surface area contributed by atoms with Crippen molar-refractivity contribution in [2.24, 2.45) is 0 Å². The Morgan fingerprint density at radius 1 is 1.47 bits per heavy atom. The van der Waals surface area contributed by atoms with Gasteiger partial charge in [0, 0.05) is 31.7 Å². The van der Waals surface area contributed by atoms with Gasteiger partial charge in [0.25, 0.3) is 0 Å². The van der Waals surface area contributed by atoms with Crippen LogP contribution in [0.5, 0.6) is 0 Å². The molecule has 2 rings (SSSR count). The van der Waals surface area contributed by atoms with Crippen LogP contribution < -0.4 is 10.5 Å². The highest BCUT2D eigenvalue weighted by Gasteiger charge is 2.27. The van der Waals surface area contributed by atoms with Crippen LogP contribution >= 0.6 is 0 Å². The van der Waals surface area contributed by atoms with Crippen LogP contribution in [0.1, 0.15) is 6.92 Å². The zero-order valence-corrected chi connectivity index (χ0v) is 9.59. The van der Waals surface area contributed by atoms with E-state index in [0.717, 1.165) is 5.82 Å². The number of pyridine rings is 1. The molecule has 92 valence electrons. The van der Waals surface area contributed by atoms with Crippen LogP contribution in [0.15, 0.2) is 23.0 Å². The number of nitrogens with zero attached hydrogens (tertiary/aromatic N) is 2. The van der Waals surface area contributed by atoms with Gasteiger partial charge in [-0.25, -0.2) is 4.79 Å². The molecule has 0 saturated carbocycles. The molecule has 6 heteroatoms. The Labute approximate surface area is 98.5 Å². The molecule has 0 aliphatic carbocycles. The number of hydrogen-bond donors (Lipinski definition) is 2. The van der Waals surface area contributed by atoms with Crippen LogP contribution in [0.2, 0.25) is 0 Å². The molecule has 2 heterocycles. The average molecular weight is 237 g/mol. The van der Waals surface area contributed by atoms with Gasteiger partial charge in [-0.1, -0.05) is 6.07 Å². The lowest BCUT2D eigenvalue weighted by Gasteiger charge is -2.39. The summed E-state index contributed by atoms with van der Waals surface area (Å²) < 4.78 is 0. The molecule has 0 spiro atoms. The molecule has 1 fully saturated rings. The van der Waals surface area contributed by atoms with Crippen LogP contribution in [0.25, 0.3) is 0 Å². The van der Waals surface area contributed by atoms with Crippen molar-refractivity contribution in [1.29, 1.82) is 0 Å². The number of nitrogens with one attached hydrogen (secondary N) is 1. The maximum absolute atomic E-state index is 11.2. The van der Waals surface area contributed by atoms with E-state index in [1.165, 1.54) is 11.0 Å². The van der Waals surface area contributed by atoms with Crippen molar-refractivity contribution in [3.63, 3.8) is 0 Å². The molecular formula is C11H15N3O3. The fourth-order valence-electron chi connectivity index (χ4n) is 2.08. The van der Waals surface area contributed by atoms with Gasteiger partial charge in [0.1, 0.15) is 5.82 Å². The molecule has 1 amide bonds. The van der Waals surface area contributed by atoms with Gasteiger partial charge in [-0.05, 0) is 13.0 Å². The topological polar surface area (TPSA) is 76.6 Å². The van der Waals surface area contributed by atoms with Crippen LogP contribution in [0.3, 0.4) is 0 Å². The Morgan fingerprint density at radius 3 is 2.82 bits per heavy atom. The molecule has 1 aromatic rings. The summed E-state index contributed by atoms with van der Waals surface area (Å²) in [5.74, 6) is 0.745. The lowest BCUT2D eigenvalue weighted by molar-refractivity contribution is 0.122. The Morgan fingerprint density at radius 2 is 2.24 bits per heavy atom. The van der Waals surface area contributed by atoms with Gasteiger partial charge < -0.3 is 19.9 Å². The number of hydrogen-bond acceptors (Lipinski definition) is 3. The van der Waals surface area contributed by atoms with E-state index < -0.39 is 6.09 Å². The molecule has 0 radical (unpaired) electrons. The van der Waals surface area contributed by atoms with Crippen LogP contribution in [-0.2, 0) is 0 Å². The summed E-state index contributed by atoms with van der Waals surface area (Å²) in [5.41, 5.74) is -0.143. The number of piperazine rings is 1. The van der Waals surface area contributed by atoms with Gasteiger partial charge in [-0.2, -0.15) is 0 Å². The summed E-state index contributed by atoms with van der Waals surface area (Å²) in [6.07, 6.45) is -0.890. The van der Waals surface area contributed by atoms with Crippen LogP contribution in [-0.4, -0.2) is 46.8 Å². The van der Waals surface area contributed by atoms with E-state index in [-0.39, 0.29) is 11.6 Å². The first-order valence-electron chi connectivity index (χ1n) is 5.52. The molecular weight excluding hydrogens is 222 g/mol. The zero-order valence-electron chi connectivity index (χ0n) is 9.59. The van der Waals surface area contributed by atoms with E-state index in [2.05, 4.69) is 4.98 Å². The minimum atomic E-state index is -0.890. The Kier molecular flexibility index (Phi) is 3.03. The summed E-state index contributed by atoms with van der Waals surface area (Å²) in [6.45, 7) is 3.50. The standard InChI is InChI=1S/C11H15N3O3/c1-8-7-13(5-6-14(8)11(16)17)9-3-2-4-10(15)12-9/h2-4,8H,5-7H2,1H3,(H,12,15)(H,16,17)/t8-/m0/s1. The van der Waals surface area contributed by atoms with Gasteiger partial charge in [0.2, 0.25) is 5.56 Å². The van der Waals surface area contributed by atoms with Crippen molar-refractivity contribution >= 4 is 11.9 Å². The van der Waals surface area contributed by atoms with E-state index in [0.29, 0.717) is 19.6 Å². The second-order valence-electron chi connectivity index (χ2n) is 4.17. The molecule has 2 N–H and O–H groups in total. The second-order valence-corrected chi connectivity index (χ2v) is 4.17. The molecule has 0 bridgehead atoms. The highest BCUT2D eigenvalue weighted by atomic mass is 16.4.